The number of carbonyl (C=O) groups excluding carboxylic acids is 2. The molecule has 2 aromatic carbocycles. The summed E-state index contributed by atoms with van der Waals surface area (Å²) in [6.45, 7) is 5.78. The lowest BCUT2D eigenvalue weighted by Crippen LogP contribution is -2.39. The summed E-state index contributed by atoms with van der Waals surface area (Å²) in [5, 5.41) is 0. The number of benzene rings is 2. The molecule has 1 aliphatic heterocycles. The van der Waals surface area contributed by atoms with Crippen molar-refractivity contribution >= 4 is 23.2 Å². The van der Waals surface area contributed by atoms with E-state index in [1.54, 1.807) is 0 Å². The van der Waals surface area contributed by atoms with Crippen molar-refractivity contribution in [1.82, 2.24) is 0 Å². The standard InChI is InChI=1S/C29H34N2O3/c1-6-18(2)34-29(33)26-19(3)30-24-16-22(20-10-8-7-9-11-20)17-25(32)28(24)27(26)21-12-14-23(15-13-21)31(4)5/h7-15,18,22,26-27H,6,16-17H2,1-5H3/t18-,22+,26?,27-/m0/s1. The highest BCUT2D eigenvalue weighted by molar-refractivity contribution is 6.09. The Morgan fingerprint density at radius 3 is 2.35 bits per heavy atom. The zero-order valence-electron chi connectivity index (χ0n) is 20.7. The van der Waals surface area contributed by atoms with Crippen LogP contribution < -0.4 is 4.90 Å². The summed E-state index contributed by atoms with van der Waals surface area (Å²) in [4.78, 5) is 33.9. The van der Waals surface area contributed by atoms with E-state index >= 15 is 0 Å². The van der Waals surface area contributed by atoms with Crippen LogP contribution in [0.4, 0.5) is 5.69 Å². The summed E-state index contributed by atoms with van der Waals surface area (Å²) in [5.41, 5.74) is 5.39. The number of hydrogen-bond donors (Lipinski definition) is 0. The van der Waals surface area contributed by atoms with E-state index in [0.29, 0.717) is 18.4 Å². The van der Waals surface area contributed by atoms with E-state index in [9.17, 15) is 9.59 Å². The van der Waals surface area contributed by atoms with Gasteiger partial charge in [-0.1, -0.05) is 49.4 Å². The molecule has 0 amide bonds. The Morgan fingerprint density at radius 2 is 1.74 bits per heavy atom. The number of ketones is 1. The number of nitrogens with zero attached hydrogens (tertiary/aromatic N) is 2. The Kier molecular flexibility index (Phi) is 7.01. The second kappa shape index (κ2) is 9.96. The molecule has 0 saturated carbocycles. The molecule has 5 nitrogen and oxygen atoms in total. The van der Waals surface area contributed by atoms with E-state index in [1.807, 2.05) is 82.2 Å². The molecule has 1 aliphatic carbocycles. The van der Waals surface area contributed by atoms with E-state index in [2.05, 4.69) is 12.1 Å². The van der Waals surface area contributed by atoms with Crippen LogP contribution >= 0.6 is 0 Å². The van der Waals surface area contributed by atoms with E-state index in [-0.39, 0.29) is 29.7 Å². The van der Waals surface area contributed by atoms with Crippen LogP contribution in [0.1, 0.15) is 63.0 Å². The lowest BCUT2D eigenvalue weighted by atomic mass is 9.69. The molecular formula is C29H34N2O3. The van der Waals surface area contributed by atoms with E-state index < -0.39 is 5.92 Å². The van der Waals surface area contributed by atoms with Gasteiger partial charge in [-0.3, -0.25) is 14.6 Å². The summed E-state index contributed by atoms with van der Waals surface area (Å²) in [7, 11) is 3.99. The first-order chi connectivity index (χ1) is 16.3. The SMILES string of the molecule is CC[C@H](C)OC(=O)C1C(C)=NC2=C(C(=O)C[C@H](c3ccccc3)C2)[C@H]1c1ccc(N(C)C)cc1. The normalized spacial score (nSPS) is 23.1. The minimum Gasteiger partial charge on any atom is -0.462 e. The first-order valence-corrected chi connectivity index (χ1v) is 12.1. The summed E-state index contributed by atoms with van der Waals surface area (Å²) >= 11 is 0. The molecule has 4 rings (SSSR count). The van der Waals surface area contributed by atoms with Crippen LogP contribution in [-0.4, -0.2) is 37.7 Å². The Labute approximate surface area is 202 Å². The highest BCUT2D eigenvalue weighted by atomic mass is 16.5. The zero-order chi connectivity index (χ0) is 24.4. The summed E-state index contributed by atoms with van der Waals surface area (Å²) < 4.78 is 5.77. The maximum absolute atomic E-state index is 13.6. The molecule has 2 aliphatic rings. The van der Waals surface area contributed by atoms with Gasteiger partial charge in [0.2, 0.25) is 0 Å². The first-order valence-electron chi connectivity index (χ1n) is 12.1. The fraction of sp³-hybridized carbons (Fsp3) is 0.414. The average Bonchev–Trinajstić information content (AvgIpc) is 2.83. The molecule has 0 radical (unpaired) electrons. The minimum absolute atomic E-state index is 0.0781. The van der Waals surface area contributed by atoms with Gasteiger partial charge < -0.3 is 9.64 Å². The maximum atomic E-state index is 13.6. The molecule has 34 heavy (non-hydrogen) atoms. The number of esters is 1. The van der Waals surface area contributed by atoms with Crippen molar-refractivity contribution in [1.29, 1.82) is 0 Å². The molecule has 0 aromatic heterocycles. The lowest BCUT2D eigenvalue weighted by Gasteiger charge is -2.37. The highest BCUT2D eigenvalue weighted by Gasteiger charge is 2.45. The predicted octanol–water partition coefficient (Wildman–Crippen LogP) is 5.67. The van der Waals surface area contributed by atoms with Crippen LogP contribution in [0.15, 0.2) is 70.9 Å². The van der Waals surface area contributed by atoms with Crippen molar-refractivity contribution in [2.45, 2.75) is 58.0 Å². The number of ether oxygens (including phenoxy) is 1. The van der Waals surface area contributed by atoms with Gasteiger partial charge in [-0.05, 0) is 55.9 Å². The van der Waals surface area contributed by atoms with Gasteiger partial charge >= 0.3 is 5.97 Å². The van der Waals surface area contributed by atoms with Crippen LogP contribution in [0.5, 0.6) is 0 Å². The number of rotatable bonds is 6. The van der Waals surface area contributed by atoms with Gasteiger partial charge in [0.25, 0.3) is 0 Å². The van der Waals surface area contributed by atoms with Gasteiger partial charge in [-0.15, -0.1) is 0 Å². The van der Waals surface area contributed by atoms with Crippen molar-refractivity contribution in [3.63, 3.8) is 0 Å². The summed E-state index contributed by atoms with van der Waals surface area (Å²) in [6, 6.07) is 18.3. The van der Waals surface area contributed by atoms with Gasteiger partial charge in [0, 0.05) is 49.1 Å². The van der Waals surface area contributed by atoms with Crippen molar-refractivity contribution in [3.05, 3.63) is 77.0 Å². The predicted molar refractivity (Wildman–Crippen MR) is 136 cm³/mol. The van der Waals surface area contributed by atoms with E-state index in [0.717, 1.165) is 34.6 Å². The zero-order valence-corrected chi connectivity index (χ0v) is 20.7. The highest BCUT2D eigenvalue weighted by Crippen LogP contribution is 2.47. The van der Waals surface area contributed by atoms with Crippen molar-refractivity contribution in [3.8, 4) is 0 Å². The third-order valence-corrected chi connectivity index (χ3v) is 7.07. The van der Waals surface area contributed by atoms with Gasteiger partial charge in [0.15, 0.2) is 5.78 Å². The first kappa shape index (κ1) is 23.9. The molecule has 0 bridgehead atoms. The Bertz CT molecular complexity index is 1120. The number of anilines is 1. The van der Waals surface area contributed by atoms with E-state index in [4.69, 9.17) is 9.73 Å². The molecule has 0 saturated heterocycles. The molecule has 1 heterocycles. The van der Waals surface area contributed by atoms with Crippen molar-refractivity contribution in [2.75, 3.05) is 19.0 Å². The van der Waals surface area contributed by atoms with Gasteiger partial charge in [0.05, 0.1) is 6.10 Å². The molecule has 0 fully saturated rings. The second-order valence-electron chi connectivity index (χ2n) is 9.65. The number of hydrogen-bond acceptors (Lipinski definition) is 5. The molecule has 178 valence electrons. The monoisotopic (exact) mass is 458 g/mol. The molecule has 4 atom stereocenters. The lowest BCUT2D eigenvalue weighted by molar-refractivity contribution is -0.151. The van der Waals surface area contributed by atoms with Crippen molar-refractivity contribution < 1.29 is 14.3 Å². The van der Waals surface area contributed by atoms with Gasteiger partial charge in [-0.2, -0.15) is 0 Å². The molecule has 0 N–H and O–H groups in total. The smallest absolute Gasteiger partial charge is 0.315 e. The Hall–Kier alpha value is -3.21. The largest absolute Gasteiger partial charge is 0.462 e. The summed E-state index contributed by atoms with van der Waals surface area (Å²) in [5.74, 6) is -1.11. The van der Waals surface area contributed by atoms with Gasteiger partial charge in [-0.25, -0.2) is 0 Å². The van der Waals surface area contributed by atoms with Crippen LogP contribution in [0.2, 0.25) is 0 Å². The molecule has 2 aromatic rings. The fourth-order valence-electron chi connectivity index (χ4n) is 5.02. The minimum atomic E-state index is -0.602. The Balaban J connectivity index is 1.78. The van der Waals surface area contributed by atoms with Gasteiger partial charge in [0.1, 0.15) is 5.92 Å². The van der Waals surface area contributed by atoms with Crippen LogP contribution in [-0.2, 0) is 14.3 Å². The second-order valence-corrected chi connectivity index (χ2v) is 9.65. The number of carbonyl (C=O) groups is 2. The van der Waals surface area contributed by atoms with E-state index in [1.165, 1.54) is 0 Å². The average molecular weight is 459 g/mol. The molecule has 0 spiro atoms. The number of Topliss-reactive ketones (excluding diaryl/α,β-unsaturated/α-hetero) is 1. The molecule has 1 unspecified atom stereocenters. The van der Waals surface area contributed by atoms with Crippen LogP contribution in [0, 0.1) is 5.92 Å². The Morgan fingerprint density at radius 1 is 1.06 bits per heavy atom. The third-order valence-electron chi connectivity index (χ3n) is 7.07. The quantitative estimate of drug-likeness (QED) is 0.524. The molecular weight excluding hydrogens is 424 g/mol. The number of allylic oxidation sites excluding steroid dienone is 2. The molecule has 5 heteroatoms. The van der Waals surface area contributed by atoms with Crippen molar-refractivity contribution in [2.24, 2.45) is 10.9 Å². The van der Waals surface area contributed by atoms with Crippen LogP contribution in [0.3, 0.4) is 0 Å². The number of aliphatic imine (C=N–C) groups is 1. The summed E-state index contributed by atoms with van der Waals surface area (Å²) in [6.07, 6.45) is 1.68. The fourth-order valence-corrected chi connectivity index (χ4v) is 5.02. The van der Waals surface area contributed by atoms with Crippen LogP contribution in [0.25, 0.3) is 0 Å². The topological polar surface area (TPSA) is 59.0 Å². The third kappa shape index (κ3) is 4.70. The maximum Gasteiger partial charge on any atom is 0.315 e.